The fraction of sp³-hybridized carbons (Fsp3) is 0.520. The van der Waals surface area contributed by atoms with Crippen LogP contribution in [0.2, 0.25) is 5.02 Å². The van der Waals surface area contributed by atoms with Crippen LogP contribution < -0.4 is 5.32 Å². The van der Waals surface area contributed by atoms with Crippen molar-refractivity contribution in [3.05, 3.63) is 47.0 Å². The van der Waals surface area contributed by atoms with Crippen molar-refractivity contribution in [2.24, 2.45) is 17.8 Å². The molecular weight excluding hydrogens is 442 g/mol. The number of carbonyl (C=O) groups is 4. The molecule has 3 atom stereocenters. The molecule has 1 fully saturated rings. The minimum absolute atomic E-state index is 0.0280. The van der Waals surface area contributed by atoms with Gasteiger partial charge >= 0.3 is 0 Å². The van der Waals surface area contributed by atoms with Gasteiger partial charge in [-0.05, 0) is 43.4 Å². The molecule has 1 aromatic carbocycles. The Morgan fingerprint density at radius 3 is 2.18 bits per heavy atom. The van der Waals surface area contributed by atoms with E-state index in [1.54, 1.807) is 19.1 Å². The number of allylic oxidation sites excluding steroid dienone is 2. The zero-order valence-corrected chi connectivity index (χ0v) is 20.2. The number of hydrogen-bond acceptors (Lipinski definition) is 4. The summed E-state index contributed by atoms with van der Waals surface area (Å²) in [5, 5.41) is 3.46. The van der Waals surface area contributed by atoms with E-state index in [-0.39, 0.29) is 60.9 Å². The third-order valence-corrected chi connectivity index (χ3v) is 6.52. The highest BCUT2D eigenvalue weighted by atomic mass is 35.5. The number of imide groups is 1. The predicted octanol–water partition coefficient (Wildman–Crippen LogP) is 3.17. The number of nitrogens with one attached hydrogen (secondary N) is 1. The molecule has 178 valence electrons. The number of halogens is 1. The van der Waals surface area contributed by atoms with E-state index in [0.717, 1.165) is 5.56 Å². The van der Waals surface area contributed by atoms with E-state index >= 15 is 0 Å². The van der Waals surface area contributed by atoms with Crippen molar-refractivity contribution in [2.75, 3.05) is 13.1 Å². The van der Waals surface area contributed by atoms with Crippen molar-refractivity contribution in [2.45, 2.75) is 52.6 Å². The van der Waals surface area contributed by atoms with Crippen molar-refractivity contribution in [1.82, 2.24) is 15.1 Å². The van der Waals surface area contributed by atoms with E-state index in [9.17, 15) is 19.2 Å². The molecule has 0 saturated carbocycles. The molecule has 0 aromatic heterocycles. The normalized spacial score (nSPS) is 20.7. The van der Waals surface area contributed by atoms with Crippen LogP contribution >= 0.6 is 11.6 Å². The molecule has 7 nitrogen and oxygen atoms in total. The lowest BCUT2D eigenvalue weighted by atomic mass is 9.85. The van der Waals surface area contributed by atoms with E-state index in [2.05, 4.69) is 5.32 Å². The molecule has 1 N–H and O–H groups in total. The van der Waals surface area contributed by atoms with Gasteiger partial charge in [0.2, 0.25) is 23.6 Å². The minimum Gasteiger partial charge on any atom is -0.354 e. The largest absolute Gasteiger partial charge is 0.354 e. The Kier molecular flexibility index (Phi) is 8.30. The second-order valence-corrected chi connectivity index (χ2v) is 9.63. The quantitative estimate of drug-likeness (QED) is 0.441. The summed E-state index contributed by atoms with van der Waals surface area (Å²) >= 11 is 5.98. The molecule has 1 saturated heterocycles. The first-order valence-corrected chi connectivity index (χ1v) is 11.9. The number of nitrogens with zero attached hydrogens (tertiary/aromatic N) is 2. The number of benzene rings is 1. The monoisotopic (exact) mass is 473 g/mol. The lowest BCUT2D eigenvalue weighted by molar-refractivity contribution is -0.143. The highest BCUT2D eigenvalue weighted by molar-refractivity contribution is 6.30. The lowest BCUT2D eigenvalue weighted by Gasteiger charge is -2.29. The summed E-state index contributed by atoms with van der Waals surface area (Å²) in [5.74, 6) is -1.27. The fourth-order valence-electron chi connectivity index (χ4n) is 4.26. The van der Waals surface area contributed by atoms with Gasteiger partial charge in [0.15, 0.2) is 0 Å². The zero-order chi connectivity index (χ0) is 24.1. The standard InChI is InChI=1S/C25H32ClN3O4/c1-16(2)14-27-23(31)17(3)29(15-18-8-10-19(26)11-9-18)22(30)12-13-28-24(32)20-6-4-5-7-21(20)25(28)33/h4-5,8-11,16-17,20-21H,6-7,12-15H2,1-3H3,(H,27,31)/t17-,20-,21+/m0/s1. The summed E-state index contributed by atoms with van der Waals surface area (Å²) in [5.41, 5.74) is 0.835. The molecule has 1 aliphatic carbocycles. The molecule has 0 unspecified atom stereocenters. The number of rotatable bonds is 9. The van der Waals surface area contributed by atoms with Crippen LogP contribution in [0.15, 0.2) is 36.4 Å². The SMILES string of the molecule is CC(C)CNC(=O)[C@H](C)N(Cc1ccc(Cl)cc1)C(=O)CCN1C(=O)[C@H]2CC=CC[C@H]2C1=O. The summed E-state index contributed by atoms with van der Waals surface area (Å²) in [6.45, 7) is 6.46. The second kappa shape index (κ2) is 11.0. The molecule has 1 aromatic rings. The van der Waals surface area contributed by atoms with Gasteiger partial charge in [-0.2, -0.15) is 0 Å². The molecule has 8 heteroatoms. The van der Waals surface area contributed by atoms with Crippen LogP contribution in [0.25, 0.3) is 0 Å². The van der Waals surface area contributed by atoms with Gasteiger partial charge in [-0.1, -0.05) is 49.7 Å². The molecular formula is C25H32ClN3O4. The van der Waals surface area contributed by atoms with Crippen LogP contribution in [0.4, 0.5) is 0 Å². The Morgan fingerprint density at radius 1 is 1.06 bits per heavy atom. The summed E-state index contributed by atoms with van der Waals surface area (Å²) in [6, 6.07) is 6.39. The average molecular weight is 474 g/mol. The molecule has 2 aliphatic rings. The maximum absolute atomic E-state index is 13.2. The highest BCUT2D eigenvalue weighted by Gasteiger charge is 2.47. The van der Waals surface area contributed by atoms with E-state index in [1.807, 2.05) is 38.1 Å². The van der Waals surface area contributed by atoms with Crippen molar-refractivity contribution < 1.29 is 19.2 Å². The molecule has 3 rings (SSSR count). The third kappa shape index (κ3) is 6.02. The second-order valence-electron chi connectivity index (χ2n) is 9.20. The van der Waals surface area contributed by atoms with Crippen LogP contribution in [-0.4, -0.2) is 52.6 Å². The number of likely N-dealkylation sites (tertiary alicyclic amines) is 1. The fourth-order valence-corrected chi connectivity index (χ4v) is 4.39. The van der Waals surface area contributed by atoms with Crippen LogP contribution in [0, 0.1) is 17.8 Å². The summed E-state index contributed by atoms with van der Waals surface area (Å²) in [7, 11) is 0. The van der Waals surface area contributed by atoms with Crippen molar-refractivity contribution in [1.29, 1.82) is 0 Å². The summed E-state index contributed by atoms with van der Waals surface area (Å²) in [6.07, 6.45) is 4.98. The average Bonchev–Trinajstić information content (AvgIpc) is 3.04. The molecule has 4 amide bonds. The number of fused-ring (bicyclic) bond motifs is 1. The van der Waals surface area contributed by atoms with Gasteiger partial charge in [-0.3, -0.25) is 24.1 Å². The Bertz CT molecular complexity index is 902. The molecule has 1 aliphatic heterocycles. The molecule has 33 heavy (non-hydrogen) atoms. The van der Waals surface area contributed by atoms with E-state index in [1.165, 1.54) is 9.80 Å². The van der Waals surface area contributed by atoms with Gasteiger partial charge in [0.1, 0.15) is 6.04 Å². The van der Waals surface area contributed by atoms with Crippen LogP contribution in [0.3, 0.4) is 0 Å². The predicted molar refractivity (Wildman–Crippen MR) is 126 cm³/mol. The third-order valence-electron chi connectivity index (χ3n) is 6.27. The van der Waals surface area contributed by atoms with E-state index in [4.69, 9.17) is 11.6 Å². The number of amides is 4. The first kappa shape index (κ1) is 25.0. The van der Waals surface area contributed by atoms with Crippen LogP contribution in [0.1, 0.15) is 45.6 Å². The lowest BCUT2D eigenvalue weighted by Crippen LogP contribution is -2.49. The Balaban J connectivity index is 1.70. The maximum Gasteiger partial charge on any atom is 0.242 e. The minimum atomic E-state index is -0.705. The van der Waals surface area contributed by atoms with Crippen molar-refractivity contribution >= 4 is 35.2 Å². The molecule has 0 radical (unpaired) electrons. The van der Waals surface area contributed by atoms with Crippen molar-refractivity contribution in [3.63, 3.8) is 0 Å². The maximum atomic E-state index is 13.2. The molecule has 0 bridgehead atoms. The van der Waals surface area contributed by atoms with Crippen molar-refractivity contribution in [3.8, 4) is 0 Å². The Labute approximate surface area is 200 Å². The molecule has 1 heterocycles. The van der Waals surface area contributed by atoms with Crippen LogP contribution in [0.5, 0.6) is 0 Å². The first-order valence-electron chi connectivity index (χ1n) is 11.5. The Hall–Kier alpha value is -2.67. The zero-order valence-electron chi connectivity index (χ0n) is 19.4. The van der Waals surface area contributed by atoms with Gasteiger partial charge < -0.3 is 10.2 Å². The first-order chi connectivity index (χ1) is 15.7. The smallest absolute Gasteiger partial charge is 0.242 e. The number of carbonyl (C=O) groups excluding carboxylic acids is 4. The van der Waals surface area contributed by atoms with Crippen LogP contribution in [-0.2, 0) is 25.7 Å². The molecule has 0 spiro atoms. The van der Waals surface area contributed by atoms with Gasteiger partial charge in [0.05, 0.1) is 11.8 Å². The number of hydrogen-bond donors (Lipinski definition) is 1. The topological polar surface area (TPSA) is 86.8 Å². The van der Waals surface area contributed by atoms with Gasteiger partial charge in [-0.15, -0.1) is 0 Å². The van der Waals surface area contributed by atoms with Gasteiger partial charge in [0, 0.05) is 31.1 Å². The Morgan fingerprint density at radius 2 is 1.64 bits per heavy atom. The van der Waals surface area contributed by atoms with Gasteiger partial charge in [0.25, 0.3) is 0 Å². The van der Waals surface area contributed by atoms with E-state index < -0.39 is 6.04 Å². The van der Waals surface area contributed by atoms with E-state index in [0.29, 0.717) is 24.4 Å². The summed E-state index contributed by atoms with van der Waals surface area (Å²) in [4.78, 5) is 54.1. The van der Waals surface area contributed by atoms with Gasteiger partial charge in [-0.25, -0.2) is 0 Å². The highest BCUT2D eigenvalue weighted by Crippen LogP contribution is 2.35. The summed E-state index contributed by atoms with van der Waals surface area (Å²) < 4.78 is 0.